The van der Waals surface area contributed by atoms with E-state index in [9.17, 15) is 18.0 Å². The Morgan fingerprint density at radius 2 is 1.88 bits per heavy atom. The zero-order valence-electron chi connectivity index (χ0n) is 9.00. The molecule has 0 saturated carbocycles. The normalized spacial score (nSPS) is 16.3. The van der Waals surface area contributed by atoms with Crippen molar-refractivity contribution in [1.29, 1.82) is 0 Å². The van der Waals surface area contributed by atoms with E-state index in [-0.39, 0.29) is 11.5 Å². The van der Waals surface area contributed by atoms with Crippen LogP contribution in [0.1, 0.15) is 28.9 Å². The summed E-state index contributed by atoms with van der Waals surface area (Å²) in [7, 11) is 0. The molecule has 3 nitrogen and oxygen atoms in total. The SMILES string of the molecule is O=C(c1ccc(C(F)(F)F)nc1)N1CCCC1. The van der Waals surface area contributed by atoms with E-state index in [0.717, 1.165) is 25.1 Å². The Morgan fingerprint density at radius 3 is 2.35 bits per heavy atom. The van der Waals surface area contributed by atoms with Crippen LogP contribution in [0.3, 0.4) is 0 Å². The number of carbonyl (C=O) groups excluding carboxylic acids is 1. The molecule has 0 bridgehead atoms. The molecule has 0 N–H and O–H groups in total. The summed E-state index contributed by atoms with van der Waals surface area (Å²) >= 11 is 0. The Balaban J connectivity index is 2.15. The second kappa shape index (κ2) is 4.35. The van der Waals surface area contributed by atoms with E-state index in [1.807, 2.05) is 0 Å². The third kappa shape index (κ3) is 2.57. The van der Waals surface area contributed by atoms with Gasteiger partial charge in [-0.05, 0) is 25.0 Å². The van der Waals surface area contributed by atoms with Crippen LogP contribution in [0.4, 0.5) is 13.2 Å². The highest BCUT2D eigenvalue weighted by Gasteiger charge is 2.32. The van der Waals surface area contributed by atoms with E-state index in [4.69, 9.17) is 0 Å². The predicted molar refractivity (Wildman–Crippen MR) is 54.4 cm³/mol. The summed E-state index contributed by atoms with van der Waals surface area (Å²) < 4.78 is 36.8. The fraction of sp³-hybridized carbons (Fsp3) is 0.455. The standard InChI is InChI=1S/C11H11F3N2O/c12-11(13,14)9-4-3-8(7-15-9)10(17)16-5-1-2-6-16/h3-4,7H,1-2,5-6H2. The highest BCUT2D eigenvalue weighted by atomic mass is 19.4. The van der Waals surface area contributed by atoms with E-state index in [0.29, 0.717) is 13.1 Å². The van der Waals surface area contributed by atoms with E-state index in [2.05, 4.69) is 4.98 Å². The highest BCUT2D eigenvalue weighted by Crippen LogP contribution is 2.27. The topological polar surface area (TPSA) is 33.2 Å². The number of pyridine rings is 1. The van der Waals surface area contributed by atoms with Crippen molar-refractivity contribution in [3.05, 3.63) is 29.6 Å². The van der Waals surface area contributed by atoms with Gasteiger partial charge in [0.25, 0.3) is 5.91 Å². The largest absolute Gasteiger partial charge is 0.433 e. The van der Waals surface area contributed by atoms with Crippen LogP contribution in [0.5, 0.6) is 0 Å². The Bertz CT molecular complexity index is 408. The number of amides is 1. The van der Waals surface area contributed by atoms with Gasteiger partial charge in [-0.15, -0.1) is 0 Å². The van der Waals surface area contributed by atoms with Crippen molar-refractivity contribution in [2.24, 2.45) is 0 Å². The molecule has 17 heavy (non-hydrogen) atoms. The number of carbonyl (C=O) groups is 1. The second-order valence-corrected chi connectivity index (χ2v) is 3.93. The number of nitrogens with zero attached hydrogens (tertiary/aromatic N) is 2. The van der Waals surface area contributed by atoms with Gasteiger partial charge in [-0.3, -0.25) is 9.78 Å². The maximum Gasteiger partial charge on any atom is 0.433 e. The minimum absolute atomic E-state index is 0.208. The lowest BCUT2D eigenvalue weighted by molar-refractivity contribution is -0.141. The highest BCUT2D eigenvalue weighted by molar-refractivity contribution is 5.94. The van der Waals surface area contributed by atoms with Crippen LogP contribution in [0, 0.1) is 0 Å². The molecule has 0 aliphatic carbocycles. The Hall–Kier alpha value is -1.59. The predicted octanol–water partition coefficient (Wildman–Crippen LogP) is 2.34. The minimum atomic E-state index is -4.46. The molecule has 1 aromatic rings. The number of rotatable bonds is 1. The molecule has 0 unspecified atom stereocenters. The maximum absolute atomic E-state index is 12.3. The van der Waals surface area contributed by atoms with Gasteiger partial charge in [-0.2, -0.15) is 13.2 Å². The molecule has 0 radical (unpaired) electrons. The van der Waals surface area contributed by atoms with Crippen LogP contribution in [0.2, 0.25) is 0 Å². The van der Waals surface area contributed by atoms with Crippen LogP contribution >= 0.6 is 0 Å². The Kier molecular flexibility index (Phi) is 3.04. The number of hydrogen-bond donors (Lipinski definition) is 0. The average molecular weight is 244 g/mol. The van der Waals surface area contributed by atoms with Gasteiger partial charge in [0.1, 0.15) is 5.69 Å². The lowest BCUT2D eigenvalue weighted by Gasteiger charge is -2.15. The molecule has 1 saturated heterocycles. The molecule has 1 aliphatic heterocycles. The van der Waals surface area contributed by atoms with Crippen LogP contribution in [0.25, 0.3) is 0 Å². The van der Waals surface area contributed by atoms with Gasteiger partial charge in [0, 0.05) is 19.3 Å². The van der Waals surface area contributed by atoms with Gasteiger partial charge >= 0.3 is 6.18 Å². The first kappa shape index (κ1) is 11.9. The minimum Gasteiger partial charge on any atom is -0.339 e. The Labute approximate surface area is 96.3 Å². The number of hydrogen-bond acceptors (Lipinski definition) is 2. The van der Waals surface area contributed by atoms with E-state index in [1.54, 1.807) is 4.90 Å². The summed E-state index contributed by atoms with van der Waals surface area (Å²) in [4.78, 5) is 16.7. The third-order valence-corrected chi connectivity index (χ3v) is 2.69. The molecule has 0 spiro atoms. The van der Waals surface area contributed by atoms with Crippen LogP contribution in [-0.4, -0.2) is 28.9 Å². The van der Waals surface area contributed by atoms with Crippen molar-refractivity contribution in [3.8, 4) is 0 Å². The van der Waals surface area contributed by atoms with Crippen molar-refractivity contribution >= 4 is 5.91 Å². The molecule has 1 aromatic heterocycles. The average Bonchev–Trinajstić information content (AvgIpc) is 2.80. The van der Waals surface area contributed by atoms with E-state index in [1.165, 1.54) is 6.07 Å². The van der Waals surface area contributed by atoms with Gasteiger partial charge < -0.3 is 4.90 Å². The molecule has 6 heteroatoms. The summed E-state index contributed by atoms with van der Waals surface area (Å²) in [5.74, 6) is -0.247. The van der Waals surface area contributed by atoms with Gasteiger partial charge in [0.05, 0.1) is 5.56 Å². The van der Waals surface area contributed by atoms with Gasteiger partial charge in [0.2, 0.25) is 0 Å². The van der Waals surface area contributed by atoms with Crippen molar-refractivity contribution in [1.82, 2.24) is 9.88 Å². The molecule has 0 aromatic carbocycles. The quantitative estimate of drug-likeness (QED) is 0.759. The molecular weight excluding hydrogens is 233 g/mol. The number of likely N-dealkylation sites (tertiary alicyclic amines) is 1. The van der Waals surface area contributed by atoms with Crippen molar-refractivity contribution < 1.29 is 18.0 Å². The van der Waals surface area contributed by atoms with Crippen LogP contribution < -0.4 is 0 Å². The monoisotopic (exact) mass is 244 g/mol. The van der Waals surface area contributed by atoms with Gasteiger partial charge in [-0.25, -0.2) is 0 Å². The maximum atomic E-state index is 12.3. The van der Waals surface area contributed by atoms with Crippen molar-refractivity contribution in [2.45, 2.75) is 19.0 Å². The molecule has 0 atom stereocenters. The summed E-state index contributed by atoms with van der Waals surface area (Å²) in [6, 6.07) is 2.01. The first-order chi connectivity index (χ1) is 7.98. The van der Waals surface area contributed by atoms with E-state index < -0.39 is 11.9 Å². The zero-order chi connectivity index (χ0) is 12.5. The number of alkyl halides is 3. The van der Waals surface area contributed by atoms with E-state index >= 15 is 0 Å². The molecular formula is C11H11F3N2O. The fourth-order valence-electron chi connectivity index (χ4n) is 1.79. The number of aromatic nitrogens is 1. The lowest BCUT2D eigenvalue weighted by Crippen LogP contribution is -2.27. The first-order valence-electron chi connectivity index (χ1n) is 5.31. The van der Waals surface area contributed by atoms with Crippen molar-refractivity contribution in [2.75, 3.05) is 13.1 Å². The van der Waals surface area contributed by atoms with Crippen LogP contribution in [0.15, 0.2) is 18.3 Å². The smallest absolute Gasteiger partial charge is 0.339 e. The molecule has 2 rings (SSSR count). The van der Waals surface area contributed by atoms with Crippen molar-refractivity contribution in [3.63, 3.8) is 0 Å². The van der Waals surface area contributed by atoms with Gasteiger partial charge in [0.15, 0.2) is 0 Å². The molecule has 2 heterocycles. The molecule has 1 fully saturated rings. The lowest BCUT2D eigenvalue weighted by atomic mass is 10.2. The zero-order valence-corrected chi connectivity index (χ0v) is 9.00. The summed E-state index contributed by atoms with van der Waals surface area (Å²) in [6.07, 6.45) is -1.59. The summed E-state index contributed by atoms with van der Waals surface area (Å²) in [6.45, 7) is 1.33. The van der Waals surface area contributed by atoms with Gasteiger partial charge in [-0.1, -0.05) is 0 Å². The Morgan fingerprint density at radius 1 is 1.24 bits per heavy atom. The molecule has 92 valence electrons. The second-order valence-electron chi connectivity index (χ2n) is 3.93. The molecule has 1 aliphatic rings. The summed E-state index contributed by atoms with van der Waals surface area (Å²) in [5.41, 5.74) is -0.768. The number of halogens is 3. The fourth-order valence-corrected chi connectivity index (χ4v) is 1.79. The summed E-state index contributed by atoms with van der Waals surface area (Å²) in [5, 5.41) is 0. The third-order valence-electron chi connectivity index (χ3n) is 2.69. The first-order valence-corrected chi connectivity index (χ1v) is 5.31. The van der Waals surface area contributed by atoms with Crippen LogP contribution in [-0.2, 0) is 6.18 Å². The molecule has 1 amide bonds.